The van der Waals surface area contributed by atoms with Gasteiger partial charge in [0, 0.05) is 0 Å². The summed E-state index contributed by atoms with van der Waals surface area (Å²) in [6.07, 6.45) is 1.85. The maximum atomic E-state index is 9.31. The van der Waals surface area contributed by atoms with E-state index in [0.29, 0.717) is 5.57 Å². The van der Waals surface area contributed by atoms with Gasteiger partial charge in [0.25, 0.3) is 0 Å². The van der Waals surface area contributed by atoms with Crippen LogP contribution in [0.5, 0.6) is 5.75 Å². The molecule has 0 atom stereocenters. The van der Waals surface area contributed by atoms with Crippen LogP contribution in [-0.4, -0.2) is 7.11 Å². The standard InChI is InChI=1S/C16H11Br2NO/c1-20-16-14(17)8-11(9-15(16)18)7-13(10-19)12-5-3-2-4-6-12/h2-9H,1H3/b13-7+. The van der Waals surface area contributed by atoms with E-state index in [1.54, 1.807) is 7.11 Å². The van der Waals surface area contributed by atoms with Crippen LogP contribution in [0.2, 0.25) is 0 Å². The molecule has 100 valence electrons. The Morgan fingerprint density at radius 2 is 1.75 bits per heavy atom. The molecule has 0 aromatic heterocycles. The van der Waals surface area contributed by atoms with Crippen molar-refractivity contribution in [3.63, 3.8) is 0 Å². The molecule has 0 unspecified atom stereocenters. The fourth-order valence-corrected chi connectivity index (χ4v) is 3.37. The number of hydrogen-bond donors (Lipinski definition) is 0. The monoisotopic (exact) mass is 391 g/mol. The number of rotatable bonds is 3. The van der Waals surface area contributed by atoms with Crippen molar-refractivity contribution in [2.24, 2.45) is 0 Å². The molecule has 20 heavy (non-hydrogen) atoms. The highest BCUT2D eigenvalue weighted by Gasteiger charge is 2.08. The number of allylic oxidation sites excluding steroid dienone is 1. The topological polar surface area (TPSA) is 33.0 Å². The van der Waals surface area contributed by atoms with Gasteiger partial charge in [0.05, 0.1) is 27.7 Å². The molecule has 0 fully saturated rings. The second-order valence-electron chi connectivity index (χ2n) is 4.05. The number of ether oxygens (including phenoxy) is 1. The van der Waals surface area contributed by atoms with Gasteiger partial charge in [-0.05, 0) is 61.2 Å². The molecule has 0 saturated heterocycles. The molecule has 0 saturated carbocycles. The molecule has 2 rings (SSSR count). The lowest BCUT2D eigenvalue weighted by molar-refractivity contribution is 0.409. The quantitative estimate of drug-likeness (QED) is 0.525. The molecule has 2 aromatic rings. The number of methoxy groups -OCH3 is 1. The summed E-state index contributed by atoms with van der Waals surface area (Å²) >= 11 is 6.92. The fourth-order valence-electron chi connectivity index (χ4n) is 1.82. The van der Waals surface area contributed by atoms with Crippen molar-refractivity contribution >= 4 is 43.5 Å². The number of nitriles is 1. The third-order valence-electron chi connectivity index (χ3n) is 2.74. The predicted octanol–water partition coefficient (Wildman–Crippen LogP) is 5.28. The Labute approximate surface area is 134 Å². The summed E-state index contributed by atoms with van der Waals surface area (Å²) in [6, 6.07) is 15.7. The second kappa shape index (κ2) is 6.74. The lowest BCUT2D eigenvalue weighted by Gasteiger charge is -2.07. The van der Waals surface area contributed by atoms with Crippen LogP contribution in [0, 0.1) is 11.3 Å². The second-order valence-corrected chi connectivity index (χ2v) is 5.76. The third-order valence-corrected chi connectivity index (χ3v) is 3.92. The van der Waals surface area contributed by atoms with Gasteiger partial charge in [-0.1, -0.05) is 30.3 Å². The fraction of sp³-hybridized carbons (Fsp3) is 0.0625. The highest BCUT2D eigenvalue weighted by molar-refractivity contribution is 9.11. The molecule has 0 aliphatic rings. The molecule has 0 N–H and O–H groups in total. The predicted molar refractivity (Wildman–Crippen MR) is 88.3 cm³/mol. The SMILES string of the molecule is COc1c(Br)cc(/C=C(\C#N)c2ccccc2)cc1Br. The lowest BCUT2D eigenvalue weighted by atomic mass is 10.0. The van der Waals surface area contributed by atoms with Crippen LogP contribution in [0.4, 0.5) is 0 Å². The van der Waals surface area contributed by atoms with Crippen molar-refractivity contribution in [3.05, 3.63) is 62.5 Å². The molecular formula is C16H11Br2NO. The Kier molecular flexibility index (Phi) is 4.99. The van der Waals surface area contributed by atoms with E-state index in [2.05, 4.69) is 37.9 Å². The first kappa shape index (κ1) is 14.8. The first-order valence-corrected chi connectivity index (χ1v) is 7.44. The maximum Gasteiger partial charge on any atom is 0.147 e. The van der Waals surface area contributed by atoms with Crippen molar-refractivity contribution in [3.8, 4) is 11.8 Å². The van der Waals surface area contributed by atoms with Gasteiger partial charge < -0.3 is 4.74 Å². The van der Waals surface area contributed by atoms with Crippen LogP contribution >= 0.6 is 31.9 Å². The molecule has 0 bridgehead atoms. The zero-order valence-electron chi connectivity index (χ0n) is 10.7. The summed E-state index contributed by atoms with van der Waals surface area (Å²) in [5.74, 6) is 0.736. The van der Waals surface area contributed by atoms with Gasteiger partial charge >= 0.3 is 0 Å². The summed E-state index contributed by atoms with van der Waals surface area (Å²) < 4.78 is 6.94. The molecule has 0 heterocycles. The van der Waals surface area contributed by atoms with E-state index < -0.39 is 0 Å². The molecule has 0 aliphatic heterocycles. The first-order chi connectivity index (χ1) is 9.65. The maximum absolute atomic E-state index is 9.31. The molecule has 0 amide bonds. The average Bonchev–Trinajstić information content (AvgIpc) is 2.45. The number of halogens is 2. The van der Waals surface area contributed by atoms with Gasteiger partial charge in [-0.3, -0.25) is 0 Å². The van der Waals surface area contributed by atoms with Gasteiger partial charge in [0.2, 0.25) is 0 Å². The molecule has 0 radical (unpaired) electrons. The minimum absolute atomic E-state index is 0.620. The summed E-state index contributed by atoms with van der Waals surface area (Å²) in [5, 5.41) is 9.31. The smallest absolute Gasteiger partial charge is 0.147 e. The zero-order valence-corrected chi connectivity index (χ0v) is 13.9. The van der Waals surface area contributed by atoms with Gasteiger partial charge in [0.15, 0.2) is 0 Å². The van der Waals surface area contributed by atoms with E-state index in [1.807, 2.05) is 48.5 Å². The highest BCUT2D eigenvalue weighted by Crippen LogP contribution is 2.35. The van der Waals surface area contributed by atoms with Crippen LogP contribution < -0.4 is 4.74 Å². The molecule has 2 aromatic carbocycles. The number of hydrogen-bond acceptors (Lipinski definition) is 2. The van der Waals surface area contributed by atoms with Crippen molar-refractivity contribution in [1.29, 1.82) is 5.26 Å². The first-order valence-electron chi connectivity index (χ1n) is 5.86. The lowest BCUT2D eigenvalue weighted by Crippen LogP contribution is -1.88. The van der Waals surface area contributed by atoms with E-state index in [0.717, 1.165) is 25.8 Å². The van der Waals surface area contributed by atoms with Gasteiger partial charge in [0.1, 0.15) is 5.75 Å². The van der Waals surface area contributed by atoms with E-state index in [9.17, 15) is 5.26 Å². The normalized spacial score (nSPS) is 11.0. The van der Waals surface area contributed by atoms with Crippen molar-refractivity contribution in [1.82, 2.24) is 0 Å². The van der Waals surface area contributed by atoms with E-state index in [-0.39, 0.29) is 0 Å². The van der Waals surface area contributed by atoms with Crippen LogP contribution in [0.15, 0.2) is 51.4 Å². The Hall–Kier alpha value is -1.57. The molecule has 0 aliphatic carbocycles. The van der Waals surface area contributed by atoms with E-state index >= 15 is 0 Å². The van der Waals surface area contributed by atoms with Gasteiger partial charge in [-0.2, -0.15) is 5.26 Å². The van der Waals surface area contributed by atoms with Crippen molar-refractivity contribution < 1.29 is 4.74 Å². The molecule has 0 spiro atoms. The van der Waals surface area contributed by atoms with Gasteiger partial charge in [-0.15, -0.1) is 0 Å². The zero-order chi connectivity index (χ0) is 14.5. The third kappa shape index (κ3) is 3.30. The Morgan fingerprint density at radius 3 is 2.25 bits per heavy atom. The largest absolute Gasteiger partial charge is 0.494 e. The Morgan fingerprint density at radius 1 is 1.15 bits per heavy atom. The van der Waals surface area contributed by atoms with Crippen LogP contribution in [0.25, 0.3) is 11.6 Å². The summed E-state index contributed by atoms with van der Waals surface area (Å²) in [6.45, 7) is 0. The molecule has 4 heteroatoms. The number of benzene rings is 2. The Balaban J connectivity index is 2.47. The number of nitrogens with zero attached hydrogens (tertiary/aromatic N) is 1. The van der Waals surface area contributed by atoms with Crippen molar-refractivity contribution in [2.45, 2.75) is 0 Å². The minimum atomic E-state index is 0.620. The summed E-state index contributed by atoms with van der Waals surface area (Å²) in [4.78, 5) is 0. The van der Waals surface area contributed by atoms with Crippen molar-refractivity contribution in [2.75, 3.05) is 7.11 Å². The van der Waals surface area contributed by atoms with Gasteiger partial charge in [-0.25, -0.2) is 0 Å². The van der Waals surface area contributed by atoms with Crippen LogP contribution in [-0.2, 0) is 0 Å². The summed E-state index contributed by atoms with van der Waals surface area (Å²) in [5.41, 5.74) is 2.44. The highest BCUT2D eigenvalue weighted by atomic mass is 79.9. The van der Waals surface area contributed by atoms with Crippen LogP contribution in [0.1, 0.15) is 11.1 Å². The molecular weight excluding hydrogens is 382 g/mol. The van der Waals surface area contributed by atoms with E-state index in [4.69, 9.17) is 4.74 Å². The summed E-state index contributed by atoms with van der Waals surface area (Å²) in [7, 11) is 1.62. The average molecular weight is 393 g/mol. The Bertz CT molecular complexity index is 664. The minimum Gasteiger partial charge on any atom is -0.494 e. The molecule has 2 nitrogen and oxygen atoms in total. The van der Waals surface area contributed by atoms with E-state index in [1.165, 1.54) is 0 Å². The van der Waals surface area contributed by atoms with Crippen LogP contribution in [0.3, 0.4) is 0 Å².